The van der Waals surface area contributed by atoms with Crippen LogP contribution < -0.4 is 0 Å². The maximum absolute atomic E-state index is 11.6. The van der Waals surface area contributed by atoms with E-state index in [1.165, 1.54) is 36.4 Å². The molecule has 0 spiro atoms. The summed E-state index contributed by atoms with van der Waals surface area (Å²) >= 11 is 7.89. The van der Waals surface area contributed by atoms with E-state index >= 15 is 0 Å². The van der Waals surface area contributed by atoms with Crippen molar-refractivity contribution in [3.63, 3.8) is 0 Å². The topological polar surface area (TPSA) is 62.7 Å². The van der Waals surface area contributed by atoms with Crippen LogP contribution in [0.25, 0.3) is 10.2 Å². The lowest BCUT2D eigenvalue weighted by atomic mass is 10.1. The quantitative estimate of drug-likeness (QED) is 0.555. The van der Waals surface area contributed by atoms with Gasteiger partial charge in [-0.2, -0.15) is 0 Å². The number of carbonyl (C=O) groups is 1. The first-order valence-electron chi connectivity index (χ1n) is 9.72. The van der Waals surface area contributed by atoms with Crippen molar-refractivity contribution < 1.29 is 14.6 Å². The molecule has 152 valence electrons. The van der Waals surface area contributed by atoms with Crippen LogP contribution in [0.15, 0.2) is 42.6 Å². The van der Waals surface area contributed by atoms with Crippen molar-refractivity contribution in [1.29, 1.82) is 0 Å². The number of halogens is 1. The van der Waals surface area contributed by atoms with E-state index in [2.05, 4.69) is 16.9 Å². The van der Waals surface area contributed by atoms with Gasteiger partial charge in [-0.15, -0.1) is 11.3 Å². The van der Waals surface area contributed by atoms with Gasteiger partial charge in [0.15, 0.2) is 0 Å². The highest BCUT2D eigenvalue weighted by molar-refractivity contribution is 7.19. The number of nitrogens with zero attached hydrogens (tertiary/aromatic N) is 2. The molecule has 1 saturated heterocycles. The van der Waals surface area contributed by atoms with Crippen LogP contribution in [-0.4, -0.2) is 47.2 Å². The molecule has 4 rings (SSSR count). The highest BCUT2D eigenvalue weighted by Crippen LogP contribution is 2.38. The Balaban J connectivity index is 1.65. The number of pyridine rings is 1. The number of fused-ring (bicyclic) bond motifs is 1. The minimum absolute atomic E-state index is 0.261. The van der Waals surface area contributed by atoms with E-state index < -0.39 is 5.97 Å². The van der Waals surface area contributed by atoms with Crippen molar-refractivity contribution in [3.05, 3.63) is 63.6 Å². The third kappa shape index (κ3) is 4.31. The van der Waals surface area contributed by atoms with E-state index in [1.807, 2.05) is 30.3 Å². The first-order chi connectivity index (χ1) is 14.0. The normalized spacial score (nSPS) is 18.3. The van der Waals surface area contributed by atoms with E-state index in [4.69, 9.17) is 16.3 Å². The zero-order valence-electron chi connectivity index (χ0n) is 16.2. The number of thiophene rings is 1. The van der Waals surface area contributed by atoms with Crippen molar-refractivity contribution in [3.8, 4) is 0 Å². The number of aromatic carboxylic acids is 1. The Morgan fingerprint density at radius 2 is 2.24 bits per heavy atom. The predicted molar refractivity (Wildman–Crippen MR) is 116 cm³/mol. The van der Waals surface area contributed by atoms with Gasteiger partial charge in [0.2, 0.25) is 0 Å². The minimum Gasteiger partial charge on any atom is -0.478 e. The Labute approximate surface area is 178 Å². The van der Waals surface area contributed by atoms with Gasteiger partial charge in [-0.25, -0.2) is 4.79 Å². The number of benzene rings is 1. The fourth-order valence-corrected chi connectivity index (χ4v) is 5.36. The molecular formula is C22H23ClN2O3S. The maximum Gasteiger partial charge on any atom is 0.337 e. The molecule has 0 saturated carbocycles. The van der Waals surface area contributed by atoms with Crippen LogP contribution in [-0.2, 0) is 4.74 Å². The van der Waals surface area contributed by atoms with Gasteiger partial charge in [0.25, 0.3) is 0 Å². The smallest absolute Gasteiger partial charge is 0.337 e. The Kier molecular flexibility index (Phi) is 6.15. The average Bonchev–Trinajstić information content (AvgIpc) is 3.31. The largest absolute Gasteiger partial charge is 0.478 e. The number of ether oxygens (including phenoxy) is 1. The molecule has 7 heteroatoms. The van der Waals surface area contributed by atoms with Crippen LogP contribution in [0.1, 0.15) is 46.2 Å². The molecule has 1 aliphatic heterocycles. The maximum atomic E-state index is 11.6. The highest BCUT2D eigenvalue weighted by Gasteiger charge is 2.24. The molecular weight excluding hydrogens is 408 g/mol. The van der Waals surface area contributed by atoms with Gasteiger partial charge < -0.3 is 14.7 Å². The summed E-state index contributed by atoms with van der Waals surface area (Å²) in [7, 11) is 2.16. The lowest BCUT2D eigenvalue weighted by molar-refractivity contribution is 0.0681. The number of hydrogen-bond donors (Lipinski definition) is 1. The van der Waals surface area contributed by atoms with E-state index in [0.717, 1.165) is 23.4 Å². The lowest BCUT2D eigenvalue weighted by Crippen LogP contribution is -2.26. The second-order valence-electron chi connectivity index (χ2n) is 7.36. The summed E-state index contributed by atoms with van der Waals surface area (Å²) in [5.41, 5.74) is 1.81. The molecule has 0 amide bonds. The van der Waals surface area contributed by atoms with Gasteiger partial charge in [0, 0.05) is 34.3 Å². The fraction of sp³-hybridized carbons (Fsp3) is 0.364. The molecule has 1 N–H and O–H groups in total. The summed E-state index contributed by atoms with van der Waals surface area (Å²) in [6, 6.07) is 11.7. The van der Waals surface area contributed by atoms with Crippen molar-refractivity contribution in [1.82, 2.24) is 9.88 Å². The van der Waals surface area contributed by atoms with Crippen molar-refractivity contribution in [2.75, 3.05) is 20.2 Å². The average molecular weight is 431 g/mol. The molecule has 1 fully saturated rings. The summed E-state index contributed by atoms with van der Waals surface area (Å²) in [6.07, 6.45) is 4.57. The zero-order valence-corrected chi connectivity index (χ0v) is 17.7. The molecule has 2 atom stereocenters. The highest BCUT2D eigenvalue weighted by atomic mass is 35.5. The van der Waals surface area contributed by atoms with Gasteiger partial charge in [0.1, 0.15) is 6.10 Å². The predicted octanol–water partition coefficient (Wildman–Crippen LogP) is 5.24. The van der Waals surface area contributed by atoms with Gasteiger partial charge >= 0.3 is 5.97 Å². The zero-order chi connectivity index (χ0) is 20.4. The summed E-state index contributed by atoms with van der Waals surface area (Å²) in [5.74, 6) is -0.953. The monoisotopic (exact) mass is 430 g/mol. The van der Waals surface area contributed by atoms with Crippen LogP contribution in [0.2, 0.25) is 5.02 Å². The molecule has 5 nitrogen and oxygen atoms in total. The number of carboxylic acid groups (broad SMARTS) is 1. The molecule has 3 heterocycles. The van der Waals surface area contributed by atoms with Crippen molar-refractivity contribution >= 4 is 39.1 Å². The number of carboxylic acids is 1. The summed E-state index contributed by atoms with van der Waals surface area (Å²) in [4.78, 5) is 19.2. The Morgan fingerprint density at radius 3 is 2.97 bits per heavy atom. The van der Waals surface area contributed by atoms with E-state index in [-0.39, 0.29) is 11.7 Å². The Morgan fingerprint density at radius 1 is 1.41 bits per heavy atom. The van der Waals surface area contributed by atoms with E-state index in [1.54, 1.807) is 0 Å². The molecule has 29 heavy (non-hydrogen) atoms. The molecule has 1 aromatic carbocycles. The second-order valence-corrected chi connectivity index (χ2v) is 8.86. The van der Waals surface area contributed by atoms with Crippen LogP contribution in [0.5, 0.6) is 0 Å². The van der Waals surface area contributed by atoms with Gasteiger partial charge in [-0.05, 0) is 51.1 Å². The van der Waals surface area contributed by atoms with Crippen LogP contribution >= 0.6 is 22.9 Å². The lowest BCUT2D eigenvalue weighted by Gasteiger charge is -2.22. The third-order valence-corrected chi connectivity index (χ3v) is 7.06. The number of aromatic nitrogens is 1. The number of hydrogen-bond acceptors (Lipinski definition) is 5. The molecule has 3 aromatic rings. The van der Waals surface area contributed by atoms with Crippen molar-refractivity contribution in [2.24, 2.45) is 0 Å². The molecule has 0 radical (unpaired) electrons. The molecule has 0 bridgehead atoms. The van der Waals surface area contributed by atoms with Crippen LogP contribution in [0.4, 0.5) is 0 Å². The summed E-state index contributed by atoms with van der Waals surface area (Å²) in [5, 5.41) is 10.1. The molecule has 2 aromatic heterocycles. The molecule has 0 aliphatic carbocycles. The Bertz CT molecular complexity index is 1020. The second kappa shape index (κ2) is 8.79. The van der Waals surface area contributed by atoms with Gasteiger partial charge in [-0.1, -0.05) is 29.8 Å². The van der Waals surface area contributed by atoms with Gasteiger partial charge in [-0.3, -0.25) is 4.98 Å². The third-order valence-electron chi connectivity index (χ3n) is 5.51. The molecule has 1 aliphatic rings. The number of likely N-dealkylation sites (tertiary alicyclic amines) is 1. The van der Waals surface area contributed by atoms with E-state index in [9.17, 15) is 9.90 Å². The van der Waals surface area contributed by atoms with E-state index in [0.29, 0.717) is 27.9 Å². The standard InChI is InChI=1S/C22H23ClN2O3S/c1-25-11-4-5-14(25)9-12-28-20(15-6-2-3-7-17(15)23)19-13-18-21(29-19)16(22(26)27)8-10-24-18/h2-3,6-8,10,13-14,20H,4-5,9,11-12H2,1H3,(H,26,27). The summed E-state index contributed by atoms with van der Waals surface area (Å²) < 4.78 is 7.02. The number of rotatable bonds is 7. The SMILES string of the molecule is CN1CCCC1CCOC(c1cc2nccc(C(=O)O)c2s1)c1ccccc1Cl. The summed E-state index contributed by atoms with van der Waals surface area (Å²) in [6.45, 7) is 1.75. The van der Waals surface area contributed by atoms with Crippen molar-refractivity contribution in [2.45, 2.75) is 31.4 Å². The van der Waals surface area contributed by atoms with Crippen LogP contribution in [0, 0.1) is 0 Å². The first kappa shape index (κ1) is 20.3. The first-order valence-corrected chi connectivity index (χ1v) is 10.9. The van der Waals surface area contributed by atoms with Crippen LogP contribution in [0.3, 0.4) is 0 Å². The Hall–Kier alpha value is -1.99. The van der Waals surface area contributed by atoms with Gasteiger partial charge in [0.05, 0.1) is 15.8 Å². The fourth-order valence-electron chi connectivity index (χ4n) is 3.93. The molecule has 2 unspecified atom stereocenters. The minimum atomic E-state index is -0.953.